The summed E-state index contributed by atoms with van der Waals surface area (Å²) in [7, 11) is 0. The second-order valence-corrected chi connectivity index (χ2v) is 5.61. The summed E-state index contributed by atoms with van der Waals surface area (Å²) in [5.74, 6) is 0.544. The van der Waals surface area contributed by atoms with Crippen LogP contribution in [0.4, 0.5) is 0 Å². The second-order valence-electron chi connectivity index (χ2n) is 5.61. The number of carbonyl (C=O) groups is 1. The third kappa shape index (κ3) is 4.80. The van der Waals surface area contributed by atoms with E-state index in [0.29, 0.717) is 18.9 Å². The van der Waals surface area contributed by atoms with Crippen LogP contribution in [-0.4, -0.2) is 18.5 Å². The van der Waals surface area contributed by atoms with Gasteiger partial charge in [-0.15, -0.1) is 12.4 Å². The highest BCUT2D eigenvalue weighted by atomic mass is 35.5. The van der Waals surface area contributed by atoms with Gasteiger partial charge in [0.05, 0.1) is 0 Å². The number of nitrogens with two attached hydrogens (primary N) is 1. The van der Waals surface area contributed by atoms with E-state index in [1.165, 1.54) is 17.5 Å². The zero-order valence-electron chi connectivity index (χ0n) is 12.1. The average molecular weight is 297 g/mol. The molecule has 0 radical (unpaired) electrons. The minimum atomic E-state index is 0. The van der Waals surface area contributed by atoms with Crippen LogP contribution in [0.25, 0.3) is 0 Å². The monoisotopic (exact) mass is 296 g/mol. The van der Waals surface area contributed by atoms with Gasteiger partial charge in [-0.3, -0.25) is 4.79 Å². The summed E-state index contributed by atoms with van der Waals surface area (Å²) in [6.07, 6.45) is 4.91. The summed E-state index contributed by atoms with van der Waals surface area (Å²) in [4.78, 5) is 12.0. The largest absolute Gasteiger partial charge is 0.356 e. The first-order valence-corrected chi connectivity index (χ1v) is 7.27. The van der Waals surface area contributed by atoms with Crippen molar-refractivity contribution in [2.24, 2.45) is 5.73 Å². The van der Waals surface area contributed by atoms with E-state index in [1.807, 2.05) is 6.92 Å². The molecule has 0 bridgehead atoms. The van der Waals surface area contributed by atoms with Crippen molar-refractivity contribution in [3.63, 3.8) is 0 Å². The van der Waals surface area contributed by atoms with E-state index in [-0.39, 0.29) is 24.4 Å². The van der Waals surface area contributed by atoms with Gasteiger partial charge in [0.25, 0.3) is 0 Å². The lowest BCUT2D eigenvalue weighted by Gasteiger charge is -2.25. The lowest BCUT2D eigenvalue weighted by atomic mass is 9.81. The molecule has 2 unspecified atom stereocenters. The second kappa shape index (κ2) is 8.28. The van der Waals surface area contributed by atoms with Crippen molar-refractivity contribution in [2.45, 2.75) is 51.0 Å². The summed E-state index contributed by atoms with van der Waals surface area (Å²) in [5.41, 5.74) is 8.46. The first kappa shape index (κ1) is 17.0. The van der Waals surface area contributed by atoms with E-state index in [2.05, 4.69) is 29.6 Å². The standard InChI is InChI=1S/C16H24N2O.ClH/c1-12(17)9-10-18-16(19)11-14-7-4-6-13-5-2-3-8-15(13)14;/h2-3,5,8,12,14H,4,6-7,9-11,17H2,1H3,(H,18,19);1H. The molecule has 0 spiro atoms. The van der Waals surface area contributed by atoms with Crippen LogP contribution in [-0.2, 0) is 11.2 Å². The predicted molar refractivity (Wildman–Crippen MR) is 85.3 cm³/mol. The summed E-state index contributed by atoms with van der Waals surface area (Å²) in [6.45, 7) is 2.65. The molecular weight excluding hydrogens is 272 g/mol. The molecule has 0 aromatic heterocycles. The fourth-order valence-electron chi connectivity index (χ4n) is 2.80. The molecule has 3 N–H and O–H groups in total. The van der Waals surface area contributed by atoms with Crippen LogP contribution in [0.3, 0.4) is 0 Å². The highest BCUT2D eigenvalue weighted by Crippen LogP contribution is 2.33. The molecule has 2 atom stereocenters. The molecule has 2 rings (SSSR count). The number of fused-ring (bicyclic) bond motifs is 1. The van der Waals surface area contributed by atoms with Gasteiger partial charge in [-0.25, -0.2) is 0 Å². The third-order valence-electron chi connectivity index (χ3n) is 3.85. The van der Waals surface area contributed by atoms with E-state index >= 15 is 0 Å². The van der Waals surface area contributed by atoms with E-state index in [1.54, 1.807) is 0 Å². The molecule has 1 aliphatic rings. The maximum atomic E-state index is 12.0. The first-order chi connectivity index (χ1) is 9.16. The maximum Gasteiger partial charge on any atom is 0.220 e. The quantitative estimate of drug-likeness (QED) is 0.878. The highest BCUT2D eigenvalue weighted by molar-refractivity contribution is 5.85. The predicted octanol–water partition coefficient (Wildman–Crippen LogP) is 2.77. The molecule has 0 fully saturated rings. The average Bonchev–Trinajstić information content (AvgIpc) is 2.39. The Morgan fingerprint density at radius 3 is 2.95 bits per heavy atom. The van der Waals surface area contributed by atoms with Crippen molar-refractivity contribution in [1.82, 2.24) is 5.32 Å². The van der Waals surface area contributed by atoms with Gasteiger partial charge in [0.1, 0.15) is 0 Å². The summed E-state index contributed by atoms with van der Waals surface area (Å²) in [5, 5.41) is 2.97. The zero-order chi connectivity index (χ0) is 13.7. The fraction of sp³-hybridized carbons (Fsp3) is 0.562. The van der Waals surface area contributed by atoms with Crippen LogP contribution in [0.5, 0.6) is 0 Å². The Labute approximate surface area is 127 Å². The van der Waals surface area contributed by atoms with Crippen LogP contribution in [0, 0.1) is 0 Å². The molecule has 20 heavy (non-hydrogen) atoms. The molecule has 3 nitrogen and oxygen atoms in total. The number of hydrogen-bond acceptors (Lipinski definition) is 2. The number of benzene rings is 1. The topological polar surface area (TPSA) is 55.1 Å². The Balaban J connectivity index is 0.00000200. The Morgan fingerprint density at radius 1 is 1.45 bits per heavy atom. The van der Waals surface area contributed by atoms with Crippen molar-refractivity contribution >= 4 is 18.3 Å². The van der Waals surface area contributed by atoms with E-state index in [4.69, 9.17) is 5.73 Å². The lowest BCUT2D eigenvalue weighted by molar-refractivity contribution is -0.121. The highest BCUT2D eigenvalue weighted by Gasteiger charge is 2.21. The van der Waals surface area contributed by atoms with E-state index < -0.39 is 0 Å². The zero-order valence-corrected chi connectivity index (χ0v) is 12.9. The molecule has 1 aromatic rings. The number of carbonyl (C=O) groups excluding carboxylic acids is 1. The van der Waals surface area contributed by atoms with Crippen LogP contribution in [0.2, 0.25) is 0 Å². The number of halogens is 1. The van der Waals surface area contributed by atoms with Crippen LogP contribution < -0.4 is 11.1 Å². The normalized spacial score (nSPS) is 18.6. The summed E-state index contributed by atoms with van der Waals surface area (Å²) in [6, 6.07) is 8.68. The molecule has 112 valence electrons. The van der Waals surface area contributed by atoms with Crippen molar-refractivity contribution < 1.29 is 4.79 Å². The Kier molecular flexibility index (Phi) is 7.03. The summed E-state index contributed by atoms with van der Waals surface area (Å²) >= 11 is 0. The van der Waals surface area contributed by atoms with Crippen molar-refractivity contribution in [1.29, 1.82) is 0 Å². The fourth-order valence-corrected chi connectivity index (χ4v) is 2.80. The van der Waals surface area contributed by atoms with E-state index in [9.17, 15) is 4.79 Å². The molecule has 4 heteroatoms. The molecular formula is C16H25ClN2O. The first-order valence-electron chi connectivity index (χ1n) is 7.27. The van der Waals surface area contributed by atoms with Crippen molar-refractivity contribution in [2.75, 3.05) is 6.54 Å². The van der Waals surface area contributed by atoms with Gasteiger partial charge in [-0.2, -0.15) is 0 Å². The molecule has 1 amide bonds. The van der Waals surface area contributed by atoms with Crippen LogP contribution in [0.1, 0.15) is 49.7 Å². The number of hydrogen-bond donors (Lipinski definition) is 2. The molecule has 1 aliphatic carbocycles. The SMILES string of the molecule is CC(N)CCNC(=O)CC1CCCc2ccccc21.Cl. The number of amides is 1. The Hall–Kier alpha value is -1.06. The lowest BCUT2D eigenvalue weighted by Crippen LogP contribution is -2.30. The van der Waals surface area contributed by atoms with Gasteiger partial charge < -0.3 is 11.1 Å². The molecule has 1 aromatic carbocycles. The van der Waals surface area contributed by atoms with Crippen LogP contribution >= 0.6 is 12.4 Å². The van der Waals surface area contributed by atoms with Crippen LogP contribution in [0.15, 0.2) is 24.3 Å². The minimum Gasteiger partial charge on any atom is -0.356 e. The van der Waals surface area contributed by atoms with Gasteiger partial charge >= 0.3 is 0 Å². The number of aryl methyl sites for hydroxylation is 1. The Bertz CT molecular complexity index is 434. The summed E-state index contributed by atoms with van der Waals surface area (Å²) < 4.78 is 0. The minimum absolute atomic E-state index is 0. The molecule has 0 saturated carbocycles. The van der Waals surface area contributed by atoms with Gasteiger partial charge in [-0.05, 0) is 49.7 Å². The maximum absolute atomic E-state index is 12.0. The van der Waals surface area contributed by atoms with Crippen molar-refractivity contribution in [3.8, 4) is 0 Å². The van der Waals surface area contributed by atoms with Gasteiger partial charge in [0, 0.05) is 19.0 Å². The smallest absolute Gasteiger partial charge is 0.220 e. The molecule has 0 heterocycles. The van der Waals surface area contributed by atoms with Gasteiger partial charge in [-0.1, -0.05) is 24.3 Å². The van der Waals surface area contributed by atoms with E-state index in [0.717, 1.165) is 19.3 Å². The van der Waals surface area contributed by atoms with Crippen molar-refractivity contribution in [3.05, 3.63) is 35.4 Å². The number of rotatable bonds is 5. The molecule has 0 aliphatic heterocycles. The van der Waals surface area contributed by atoms with Gasteiger partial charge in [0.15, 0.2) is 0 Å². The molecule has 0 saturated heterocycles. The third-order valence-corrected chi connectivity index (χ3v) is 3.85. The number of nitrogens with one attached hydrogen (secondary N) is 1. The van der Waals surface area contributed by atoms with Gasteiger partial charge in [0.2, 0.25) is 5.91 Å². The Morgan fingerprint density at radius 2 is 2.20 bits per heavy atom.